The van der Waals surface area contributed by atoms with Crippen LogP contribution in [0.1, 0.15) is 18.1 Å². The lowest BCUT2D eigenvalue weighted by molar-refractivity contribution is 0.0919. The van der Waals surface area contributed by atoms with Crippen LogP contribution in [0.25, 0.3) is 21.8 Å². The molecule has 1 unspecified atom stereocenters. The Morgan fingerprint density at radius 2 is 1.52 bits per heavy atom. The van der Waals surface area contributed by atoms with Gasteiger partial charge in [-0.3, -0.25) is 9.36 Å². The Kier molecular flexibility index (Phi) is 4.24. The molecule has 0 bridgehead atoms. The first-order valence-electron chi connectivity index (χ1n) is 8.25. The van der Waals surface area contributed by atoms with Crippen LogP contribution in [0.15, 0.2) is 72.1 Å². The summed E-state index contributed by atoms with van der Waals surface area (Å²) in [6.45, 7) is 2.02. The Morgan fingerprint density at radius 1 is 0.960 bits per heavy atom. The molecule has 0 fully saturated rings. The van der Waals surface area contributed by atoms with Crippen LogP contribution in [0.2, 0.25) is 0 Å². The van der Waals surface area contributed by atoms with Gasteiger partial charge in [0.1, 0.15) is 0 Å². The first-order valence-corrected chi connectivity index (χ1v) is 9.13. The van der Waals surface area contributed by atoms with Crippen molar-refractivity contribution in [2.45, 2.75) is 23.8 Å². The maximum Gasteiger partial charge on any atom is 0.245 e. The fourth-order valence-corrected chi connectivity index (χ4v) is 3.96. The number of fused-ring (bicyclic) bond motifs is 3. The zero-order valence-corrected chi connectivity index (χ0v) is 14.6. The van der Waals surface area contributed by atoms with E-state index in [0.717, 1.165) is 21.8 Å². The molecule has 0 aliphatic rings. The van der Waals surface area contributed by atoms with Crippen LogP contribution < -0.4 is 0 Å². The molecule has 5 heteroatoms. The lowest BCUT2D eigenvalue weighted by atomic mass is 10.2. The van der Waals surface area contributed by atoms with Crippen molar-refractivity contribution in [2.75, 3.05) is 0 Å². The zero-order chi connectivity index (χ0) is 17.2. The lowest BCUT2D eigenvalue weighted by Gasteiger charge is -2.14. The van der Waals surface area contributed by atoms with Crippen LogP contribution in [0.5, 0.6) is 0 Å². The first-order chi connectivity index (χ1) is 12.3. The van der Waals surface area contributed by atoms with Crippen LogP contribution in [0.4, 0.5) is 0 Å². The van der Waals surface area contributed by atoms with E-state index in [0.29, 0.717) is 11.6 Å². The Labute approximate surface area is 149 Å². The van der Waals surface area contributed by atoms with Gasteiger partial charge < -0.3 is 0 Å². The van der Waals surface area contributed by atoms with Gasteiger partial charge in [-0.25, -0.2) is 9.97 Å². The number of carbonyl (C=O) groups excluding carboxylic acids is 1. The quantitative estimate of drug-likeness (QED) is 0.393. The Bertz CT molecular complexity index is 989. The summed E-state index contributed by atoms with van der Waals surface area (Å²) in [5.41, 5.74) is 1.89. The van der Waals surface area contributed by atoms with Crippen LogP contribution >= 0.6 is 11.8 Å². The van der Waals surface area contributed by atoms with Crippen LogP contribution in [-0.4, -0.2) is 25.7 Å². The van der Waals surface area contributed by atoms with Gasteiger partial charge in [0.25, 0.3) is 0 Å². The highest BCUT2D eigenvalue weighted by molar-refractivity contribution is 8.00. The number of benzene rings is 2. The Morgan fingerprint density at radius 3 is 2.08 bits per heavy atom. The fourth-order valence-electron chi connectivity index (χ4n) is 3.09. The molecule has 124 valence electrons. The molecule has 2 aromatic heterocycles. The highest BCUT2D eigenvalue weighted by Gasteiger charge is 2.24. The molecule has 4 nitrogen and oxygen atoms in total. The average Bonchev–Trinajstić information content (AvgIpc) is 3.01. The third-order valence-corrected chi connectivity index (χ3v) is 5.48. The fraction of sp³-hybridized carbons (Fsp3) is 0.150. The highest BCUT2D eigenvalue weighted by Crippen LogP contribution is 2.31. The largest absolute Gasteiger partial charge is 0.279 e. The van der Waals surface area contributed by atoms with E-state index in [2.05, 4.69) is 22.1 Å². The van der Waals surface area contributed by atoms with Crippen molar-refractivity contribution in [3.05, 3.63) is 67.0 Å². The summed E-state index contributed by atoms with van der Waals surface area (Å²) in [4.78, 5) is 21.8. The summed E-state index contributed by atoms with van der Waals surface area (Å²) in [5.74, 6) is 0.0670. The summed E-state index contributed by atoms with van der Waals surface area (Å²) in [5, 5.41) is 2.59. The minimum Gasteiger partial charge on any atom is -0.279 e. The molecular formula is C20H17N3OS. The minimum absolute atomic E-state index is 0.0670. The summed E-state index contributed by atoms with van der Waals surface area (Å²) < 4.78 is 1.84. The molecular weight excluding hydrogens is 330 g/mol. The van der Waals surface area contributed by atoms with Gasteiger partial charge in [0.2, 0.25) is 5.91 Å². The maximum absolute atomic E-state index is 13.4. The van der Waals surface area contributed by atoms with Crippen LogP contribution in [0, 0.1) is 0 Å². The number of carbonyl (C=O) groups is 1. The smallest absolute Gasteiger partial charge is 0.245 e. The summed E-state index contributed by atoms with van der Waals surface area (Å²) in [7, 11) is 0. The van der Waals surface area contributed by atoms with Crippen molar-refractivity contribution >= 4 is 39.5 Å². The molecule has 1 atom stereocenters. The number of aromatic nitrogens is 3. The second kappa shape index (κ2) is 6.69. The molecule has 0 saturated heterocycles. The normalized spacial score (nSPS) is 12.5. The first kappa shape index (κ1) is 15.8. The summed E-state index contributed by atoms with van der Waals surface area (Å²) in [6.07, 6.45) is 4.11. The van der Waals surface area contributed by atoms with Gasteiger partial charge >= 0.3 is 0 Å². The Balaban J connectivity index is 1.83. The number of para-hydroxylation sites is 2. The SMILES string of the molecule is CCC(Sc1ncccn1)C(=O)n1c2ccccc2c2ccccc21. The van der Waals surface area contributed by atoms with Crippen LogP contribution in [0.3, 0.4) is 0 Å². The number of nitrogens with zero attached hydrogens (tertiary/aromatic N) is 3. The van der Waals surface area contributed by atoms with E-state index in [-0.39, 0.29) is 11.2 Å². The minimum atomic E-state index is -0.235. The van der Waals surface area contributed by atoms with E-state index in [9.17, 15) is 4.79 Å². The number of thioether (sulfide) groups is 1. The average molecular weight is 347 g/mol. The molecule has 0 aliphatic carbocycles. The third kappa shape index (κ3) is 2.81. The predicted molar refractivity (Wildman–Crippen MR) is 102 cm³/mol. The third-order valence-electron chi connectivity index (χ3n) is 4.24. The van der Waals surface area contributed by atoms with Gasteiger partial charge in [-0.2, -0.15) is 0 Å². The van der Waals surface area contributed by atoms with Crippen molar-refractivity contribution in [3.63, 3.8) is 0 Å². The summed E-state index contributed by atoms with van der Waals surface area (Å²) in [6, 6.07) is 17.9. The van der Waals surface area contributed by atoms with Crippen LogP contribution in [-0.2, 0) is 0 Å². The lowest BCUT2D eigenvalue weighted by Crippen LogP contribution is -2.23. The van der Waals surface area contributed by atoms with Gasteiger partial charge in [0.05, 0.1) is 16.3 Å². The molecule has 0 N–H and O–H groups in total. The molecule has 2 aromatic carbocycles. The second-order valence-corrected chi connectivity index (χ2v) is 6.92. The van der Waals surface area contributed by atoms with Gasteiger partial charge in [0.15, 0.2) is 5.16 Å². The topological polar surface area (TPSA) is 47.8 Å². The van der Waals surface area contributed by atoms with E-state index in [1.807, 2.05) is 47.9 Å². The van der Waals surface area contributed by atoms with Crippen molar-refractivity contribution < 1.29 is 4.79 Å². The van der Waals surface area contributed by atoms with Crippen molar-refractivity contribution in [1.29, 1.82) is 0 Å². The maximum atomic E-state index is 13.4. The molecule has 0 amide bonds. The molecule has 25 heavy (non-hydrogen) atoms. The molecule has 4 aromatic rings. The Hall–Kier alpha value is -2.66. The molecule has 0 radical (unpaired) electrons. The molecule has 0 spiro atoms. The molecule has 0 saturated carbocycles. The number of hydrogen-bond donors (Lipinski definition) is 0. The van der Waals surface area contributed by atoms with E-state index in [1.165, 1.54) is 11.8 Å². The molecule has 2 heterocycles. The van der Waals surface area contributed by atoms with Gasteiger partial charge in [-0.05, 0) is 24.6 Å². The standard InChI is InChI=1S/C20H17N3OS/c1-2-18(25-20-21-12-7-13-22-20)19(24)23-16-10-5-3-8-14(16)15-9-4-6-11-17(15)23/h3-13,18H,2H2,1H3. The highest BCUT2D eigenvalue weighted by atomic mass is 32.2. The van der Waals surface area contributed by atoms with Crippen molar-refractivity contribution in [1.82, 2.24) is 14.5 Å². The monoisotopic (exact) mass is 347 g/mol. The number of hydrogen-bond acceptors (Lipinski definition) is 4. The molecule has 0 aliphatic heterocycles. The predicted octanol–water partition coefficient (Wildman–Crippen LogP) is 4.80. The van der Waals surface area contributed by atoms with E-state index < -0.39 is 0 Å². The van der Waals surface area contributed by atoms with Crippen molar-refractivity contribution in [3.8, 4) is 0 Å². The summed E-state index contributed by atoms with van der Waals surface area (Å²) >= 11 is 1.42. The van der Waals surface area contributed by atoms with Gasteiger partial charge in [-0.1, -0.05) is 55.1 Å². The zero-order valence-electron chi connectivity index (χ0n) is 13.8. The number of rotatable bonds is 4. The van der Waals surface area contributed by atoms with E-state index >= 15 is 0 Å². The van der Waals surface area contributed by atoms with E-state index in [4.69, 9.17) is 0 Å². The van der Waals surface area contributed by atoms with Crippen molar-refractivity contribution in [2.24, 2.45) is 0 Å². The molecule has 4 rings (SSSR count). The van der Waals surface area contributed by atoms with Gasteiger partial charge in [-0.15, -0.1) is 0 Å². The van der Waals surface area contributed by atoms with E-state index in [1.54, 1.807) is 18.5 Å². The van der Waals surface area contributed by atoms with Gasteiger partial charge in [0, 0.05) is 23.2 Å². The second-order valence-electron chi connectivity index (χ2n) is 5.75.